The van der Waals surface area contributed by atoms with Gasteiger partial charge in [0.2, 0.25) is 0 Å². The van der Waals surface area contributed by atoms with E-state index < -0.39 is 0 Å². The molecule has 3 nitrogen and oxygen atoms in total. The minimum Gasteiger partial charge on any atom is -0.343 e. The van der Waals surface area contributed by atoms with Gasteiger partial charge in [0.05, 0.1) is 5.69 Å². The van der Waals surface area contributed by atoms with Crippen molar-refractivity contribution in [1.29, 1.82) is 0 Å². The lowest BCUT2D eigenvalue weighted by atomic mass is 10.2. The molecule has 0 N–H and O–H groups in total. The van der Waals surface area contributed by atoms with E-state index in [4.69, 9.17) is 4.98 Å². The van der Waals surface area contributed by atoms with Gasteiger partial charge in [0, 0.05) is 36.6 Å². The zero-order valence-electron chi connectivity index (χ0n) is 11.7. The lowest BCUT2D eigenvalue weighted by Gasteiger charge is -2.38. The lowest BCUT2D eigenvalue weighted by molar-refractivity contribution is 0.275. The van der Waals surface area contributed by atoms with Crippen LogP contribution < -0.4 is 4.90 Å². The molecule has 0 spiro atoms. The molecule has 3 rings (SSSR count). The van der Waals surface area contributed by atoms with Crippen LogP contribution in [0.1, 0.15) is 6.92 Å². The van der Waals surface area contributed by atoms with Gasteiger partial charge in [0.25, 0.3) is 0 Å². The highest BCUT2D eigenvalue weighted by atomic mass is 32.1. The predicted octanol–water partition coefficient (Wildman–Crippen LogP) is 3.09. The zero-order valence-corrected chi connectivity index (χ0v) is 12.5. The molecule has 0 unspecified atom stereocenters. The summed E-state index contributed by atoms with van der Waals surface area (Å²) in [5.41, 5.74) is 1.90. The number of hydrogen-bond acceptors (Lipinski definition) is 4. The third-order valence-corrected chi connectivity index (χ3v) is 4.59. The molecule has 1 atom stereocenters. The standard InChI is InChI=1S/C15H18FN3S/c1-11-9-18(2)7-8-19(11)15-17-14(10-20-15)12-3-5-13(16)6-4-12/h3-6,10-11H,7-9H2,1-2H3/t11-/m0/s1. The highest BCUT2D eigenvalue weighted by molar-refractivity contribution is 7.14. The van der Waals surface area contributed by atoms with E-state index >= 15 is 0 Å². The third-order valence-electron chi connectivity index (χ3n) is 3.71. The van der Waals surface area contributed by atoms with E-state index in [-0.39, 0.29) is 5.82 Å². The Balaban J connectivity index is 1.81. The van der Waals surface area contributed by atoms with E-state index in [0.29, 0.717) is 6.04 Å². The van der Waals surface area contributed by atoms with Gasteiger partial charge in [0.15, 0.2) is 5.13 Å². The monoisotopic (exact) mass is 291 g/mol. The first-order valence-electron chi connectivity index (χ1n) is 6.80. The number of likely N-dealkylation sites (N-methyl/N-ethyl adjacent to an activating group) is 1. The van der Waals surface area contributed by atoms with Crippen LogP contribution in [0.4, 0.5) is 9.52 Å². The van der Waals surface area contributed by atoms with Crippen molar-refractivity contribution in [1.82, 2.24) is 9.88 Å². The molecule has 0 saturated carbocycles. The first-order chi connectivity index (χ1) is 9.63. The fourth-order valence-corrected chi connectivity index (χ4v) is 3.54. The molecule has 1 aliphatic heterocycles. The van der Waals surface area contributed by atoms with E-state index in [1.165, 1.54) is 12.1 Å². The fraction of sp³-hybridized carbons (Fsp3) is 0.400. The van der Waals surface area contributed by atoms with Gasteiger partial charge < -0.3 is 9.80 Å². The van der Waals surface area contributed by atoms with Gasteiger partial charge in [-0.25, -0.2) is 9.37 Å². The van der Waals surface area contributed by atoms with Crippen molar-refractivity contribution in [3.05, 3.63) is 35.5 Å². The molecule has 0 aliphatic carbocycles. The first kappa shape index (κ1) is 13.5. The van der Waals surface area contributed by atoms with Gasteiger partial charge in [-0.05, 0) is 38.2 Å². The van der Waals surface area contributed by atoms with Crippen LogP contribution in [0.3, 0.4) is 0 Å². The summed E-state index contributed by atoms with van der Waals surface area (Å²) < 4.78 is 13.0. The third kappa shape index (κ3) is 2.69. The van der Waals surface area contributed by atoms with Crippen molar-refractivity contribution in [3.8, 4) is 11.3 Å². The topological polar surface area (TPSA) is 19.4 Å². The number of hydrogen-bond donors (Lipinski definition) is 0. The molecule has 0 radical (unpaired) electrons. The van der Waals surface area contributed by atoms with Crippen LogP contribution in [0.2, 0.25) is 0 Å². The van der Waals surface area contributed by atoms with Crippen molar-refractivity contribution in [2.24, 2.45) is 0 Å². The van der Waals surface area contributed by atoms with Crippen molar-refractivity contribution >= 4 is 16.5 Å². The number of halogens is 1. The van der Waals surface area contributed by atoms with E-state index in [9.17, 15) is 4.39 Å². The van der Waals surface area contributed by atoms with Crippen molar-refractivity contribution < 1.29 is 4.39 Å². The Morgan fingerprint density at radius 1 is 1.25 bits per heavy atom. The molecule has 5 heteroatoms. The second kappa shape index (κ2) is 5.50. The summed E-state index contributed by atoms with van der Waals surface area (Å²) in [6, 6.07) is 6.99. The molecule has 2 aromatic rings. The van der Waals surface area contributed by atoms with Crippen LogP contribution in [0.15, 0.2) is 29.6 Å². The highest BCUT2D eigenvalue weighted by Gasteiger charge is 2.23. The smallest absolute Gasteiger partial charge is 0.186 e. The number of piperazine rings is 1. The molecule has 1 fully saturated rings. The quantitative estimate of drug-likeness (QED) is 0.847. The summed E-state index contributed by atoms with van der Waals surface area (Å²) in [6.45, 7) is 5.37. The normalized spacial score (nSPS) is 20.4. The Morgan fingerprint density at radius 2 is 2.00 bits per heavy atom. The number of nitrogens with zero attached hydrogens (tertiary/aromatic N) is 3. The molecular weight excluding hydrogens is 273 g/mol. The van der Waals surface area contributed by atoms with Crippen molar-refractivity contribution in [2.45, 2.75) is 13.0 Å². The summed E-state index contributed by atoms with van der Waals surface area (Å²) >= 11 is 1.66. The second-order valence-corrected chi connectivity index (χ2v) is 6.16. The van der Waals surface area contributed by atoms with E-state index in [2.05, 4.69) is 23.8 Å². The number of rotatable bonds is 2. The largest absolute Gasteiger partial charge is 0.343 e. The van der Waals surface area contributed by atoms with Crippen LogP contribution in [0.25, 0.3) is 11.3 Å². The van der Waals surface area contributed by atoms with Gasteiger partial charge in [-0.3, -0.25) is 0 Å². The van der Waals surface area contributed by atoms with Gasteiger partial charge in [-0.15, -0.1) is 11.3 Å². The zero-order chi connectivity index (χ0) is 14.1. The van der Waals surface area contributed by atoms with Crippen LogP contribution in [0, 0.1) is 5.82 Å². The van der Waals surface area contributed by atoms with E-state index in [1.54, 1.807) is 23.5 Å². The molecule has 2 heterocycles. The highest BCUT2D eigenvalue weighted by Crippen LogP contribution is 2.29. The maximum atomic E-state index is 13.0. The Kier molecular flexibility index (Phi) is 3.72. The van der Waals surface area contributed by atoms with Gasteiger partial charge in [-0.1, -0.05) is 0 Å². The summed E-state index contributed by atoms with van der Waals surface area (Å²) in [6.07, 6.45) is 0. The molecule has 1 aliphatic rings. The molecule has 0 amide bonds. The molecule has 1 saturated heterocycles. The number of anilines is 1. The minimum absolute atomic E-state index is 0.211. The maximum absolute atomic E-state index is 13.0. The average Bonchev–Trinajstić information content (AvgIpc) is 2.89. The summed E-state index contributed by atoms with van der Waals surface area (Å²) in [4.78, 5) is 9.41. The van der Waals surface area contributed by atoms with Gasteiger partial charge >= 0.3 is 0 Å². The number of aromatic nitrogens is 1. The molecule has 106 valence electrons. The van der Waals surface area contributed by atoms with E-state index in [0.717, 1.165) is 36.0 Å². The number of thiazole rings is 1. The predicted molar refractivity (Wildman–Crippen MR) is 81.8 cm³/mol. The summed E-state index contributed by atoms with van der Waals surface area (Å²) in [5.74, 6) is -0.211. The Morgan fingerprint density at radius 3 is 2.70 bits per heavy atom. The van der Waals surface area contributed by atoms with Crippen LogP contribution in [-0.2, 0) is 0 Å². The van der Waals surface area contributed by atoms with Crippen molar-refractivity contribution in [3.63, 3.8) is 0 Å². The second-order valence-electron chi connectivity index (χ2n) is 5.33. The maximum Gasteiger partial charge on any atom is 0.186 e. The van der Waals surface area contributed by atoms with Crippen LogP contribution >= 0.6 is 11.3 Å². The lowest BCUT2D eigenvalue weighted by Crippen LogP contribution is -2.50. The Labute approximate surface area is 122 Å². The molecule has 1 aromatic carbocycles. The minimum atomic E-state index is -0.211. The summed E-state index contributed by atoms with van der Waals surface area (Å²) in [7, 11) is 2.15. The first-order valence-corrected chi connectivity index (χ1v) is 7.68. The Hall–Kier alpha value is -1.46. The van der Waals surface area contributed by atoms with Gasteiger partial charge in [0.1, 0.15) is 5.82 Å². The number of benzene rings is 1. The Bertz CT molecular complexity index is 581. The SMILES string of the molecule is C[C@H]1CN(C)CCN1c1nc(-c2ccc(F)cc2)cs1. The van der Waals surface area contributed by atoms with Crippen molar-refractivity contribution in [2.75, 3.05) is 31.6 Å². The molecular formula is C15H18FN3S. The average molecular weight is 291 g/mol. The molecule has 0 bridgehead atoms. The van der Waals surface area contributed by atoms with Crippen LogP contribution in [-0.4, -0.2) is 42.6 Å². The summed E-state index contributed by atoms with van der Waals surface area (Å²) in [5, 5.41) is 3.11. The molecule has 1 aromatic heterocycles. The van der Waals surface area contributed by atoms with Crippen LogP contribution in [0.5, 0.6) is 0 Å². The van der Waals surface area contributed by atoms with E-state index in [1.807, 2.05) is 5.38 Å². The fourth-order valence-electron chi connectivity index (χ4n) is 2.57. The molecule has 20 heavy (non-hydrogen) atoms. The van der Waals surface area contributed by atoms with Gasteiger partial charge in [-0.2, -0.15) is 0 Å².